The van der Waals surface area contributed by atoms with Gasteiger partial charge >= 0.3 is 0 Å². The summed E-state index contributed by atoms with van der Waals surface area (Å²) < 4.78 is 8.50. The van der Waals surface area contributed by atoms with Gasteiger partial charge in [0.15, 0.2) is 0 Å². The number of ether oxygens (including phenoxy) is 1. The molecule has 0 saturated heterocycles. The van der Waals surface area contributed by atoms with E-state index in [0.717, 1.165) is 38.0 Å². The Morgan fingerprint density at radius 1 is 0.889 bits per heavy atom. The van der Waals surface area contributed by atoms with Crippen molar-refractivity contribution in [2.24, 2.45) is 5.10 Å². The van der Waals surface area contributed by atoms with Gasteiger partial charge in [-0.25, -0.2) is 5.01 Å². The van der Waals surface area contributed by atoms with Crippen LogP contribution in [0.4, 0.5) is 0 Å². The third-order valence-electron chi connectivity index (χ3n) is 5.01. The van der Waals surface area contributed by atoms with E-state index < -0.39 is 0 Å². The van der Waals surface area contributed by atoms with E-state index in [1.165, 1.54) is 5.56 Å². The van der Waals surface area contributed by atoms with Crippen LogP contribution in [0.2, 0.25) is 0 Å². The van der Waals surface area contributed by atoms with Crippen LogP contribution in [0.25, 0.3) is 0 Å². The molecule has 3 nitrogen and oxygen atoms in total. The Morgan fingerprint density at radius 2 is 1.63 bits per heavy atom. The van der Waals surface area contributed by atoms with Crippen LogP contribution in [-0.4, -0.2) is 10.7 Å². The van der Waals surface area contributed by atoms with E-state index in [9.17, 15) is 0 Å². The Balaban J connectivity index is 1.61. The monoisotopic (exact) mass is 482 g/mol. The zero-order chi connectivity index (χ0) is 18.4. The number of hydrogen-bond acceptors (Lipinski definition) is 3. The molecular formula is C22H16Br2N2O. The number of benzene rings is 3. The molecule has 0 fully saturated rings. The van der Waals surface area contributed by atoms with Crippen LogP contribution in [0.3, 0.4) is 0 Å². The summed E-state index contributed by atoms with van der Waals surface area (Å²) in [5.41, 5.74) is 4.53. The summed E-state index contributed by atoms with van der Waals surface area (Å²) in [4.78, 5) is 0. The number of hydrazone groups is 1. The van der Waals surface area contributed by atoms with Crippen LogP contribution in [0.1, 0.15) is 35.4 Å². The second-order valence-electron chi connectivity index (χ2n) is 6.72. The number of fused-ring (bicyclic) bond motifs is 3. The lowest BCUT2D eigenvalue weighted by Crippen LogP contribution is -2.33. The fourth-order valence-corrected chi connectivity index (χ4v) is 4.35. The van der Waals surface area contributed by atoms with Gasteiger partial charge in [-0.3, -0.25) is 0 Å². The van der Waals surface area contributed by atoms with Gasteiger partial charge < -0.3 is 4.74 Å². The minimum absolute atomic E-state index is 0.162. The van der Waals surface area contributed by atoms with Crippen LogP contribution in [0, 0.1) is 0 Å². The maximum absolute atomic E-state index is 6.39. The van der Waals surface area contributed by atoms with E-state index >= 15 is 0 Å². The molecule has 2 heterocycles. The first-order chi connectivity index (χ1) is 13.2. The van der Waals surface area contributed by atoms with Gasteiger partial charge in [0.2, 0.25) is 6.23 Å². The zero-order valence-corrected chi connectivity index (χ0v) is 17.5. The molecule has 5 heteroatoms. The molecule has 2 aliphatic heterocycles. The van der Waals surface area contributed by atoms with Crippen molar-refractivity contribution in [3.05, 3.63) is 98.4 Å². The van der Waals surface area contributed by atoms with Gasteiger partial charge in [0.05, 0.1) is 11.8 Å². The summed E-state index contributed by atoms with van der Waals surface area (Å²) in [6.07, 6.45) is 0.627. The fourth-order valence-electron chi connectivity index (χ4n) is 3.71. The van der Waals surface area contributed by atoms with Gasteiger partial charge in [0.25, 0.3) is 0 Å². The van der Waals surface area contributed by atoms with Crippen molar-refractivity contribution >= 4 is 37.6 Å². The molecule has 0 radical (unpaired) electrons. The molecule has 0 aromatic heterocycles. The topological polar surface area (TPSA) is 24.8 Å². The van der Waals surface area contributed by atoms with E-state index in [1.54, 1.807) is 0 Å². The number of rotatable bonds is 2. The molecule has 0 amide bonds. The maximum atomic E-state index is 6.39. The van der Waals surface area contributed by atoms with Gasteiger partial charge in [0, 0.05) is 26.5 Å². The third kappa shape index (κ3) is 3.09. The van der Waals surface area contributed by atoms with Crippen molar-refractivity contribution in [1.29, 1.82) is 0 Å². The van der Waals surface area contributed by atoms with Gasteiger partial charge in [-0.15, -0.1) is 0 Å². The summed E-state index contributed by atoms with van der Waals surface area (Å²) in [6, 6.07) is 25.0. The summed E-state index contributed by atoms with van der Waals surface area (Å²) in [5, 5.41) is 7.10. The van der Waals surface area contributed by atoms with E-state index in [2.05, 4.69) is 79.3 Å². The Morgan fingerprint density at radius 3 is 2.41 bits per heavy atom. The molecule has 3 aromatic carbocycles. The van der Waals surface area contributed by atoms with Crippen LogP contribution in [0.15, 0.2) is 86.8 Å². The largest absolute Gasteiger partial charge is 0.464 e. The highest BCUT2D eigenvalue weighted by Gasteiger charge is 2.41. The molecule has 2 aliphatic rings. The molecule has 0 bridgehead atoms. The minimum Gasteiger partial charge on any atom is -0.464 e. The maximum Gasteiger partial charge on any atom is 0.213 e. The highest BCUT2D eigenvalue weighted by atomic mass is 79.9. The standard InChI is InChI=1S/C22H16Br2N2O/c23-16-8-6-15(7-9-16)22-26-20(18-12-17(24)10-11-21(18)27-22)13-19(25-26)14-4-2-1-3-5-14/h1-12,20,22H,13H2/t20-,22+/m0/s1. The van der Waals surface area contributed by atoms with E-state index in [4.69, 9.17) is 9.84 Å². The SMILES string of the molecule is Brc1ccc([C@H]2Oc3ccc(Br)cc3[C@@H]3CC(c4ccccc4)=NN23)cc1. The van der Waals surface area contributed by atoms with Crippen molar-refractivity contribution in [3.8, 4) is 5.75 Å². The average Bonchev–Trinajstić information content (AvgIpc) is 3.15. The average molecular weight is 484 g/mol. The molecule has 0 N–H and O–H groups in total. The molecule has 5 rings (SSSR count). The normalized spacial score (nSPS) is 20.5. The van der Waals surface area contributed by atoms with Crippen molar-refractivity contribution < 1.29 is 4.74 Å². The number of nitrogens with zero attached hydrogens (tertiary/aromatic N) is 2. The van der Waals surface area contributed by atoms with Crippen molar-refractivity contribution in [2.45, 2.75) is 18.7 Å². The number of halogens is 2. The first kappa shape index (κ1) is 17.0. The molecule has 3 aromatic rings. The van der Waals surface area contributed by atoms with Crippen LogP contribution in [0.5, 0.6) is 5.75 Å². The van der Waals surface area contributed by atoms with Gasteiger partial charge in [-0.2, -0.15) is 5.10 Å². The zero-order valence-electron chi connectivity index (χ0n) is 14.3. The van der Waals surface area contributed by atoms with E-state index in [1.807, 2.05) is 30.3 Å². The first-order valence-corrected chi connectivity index (χ1v) is 10.4. The van der Waals surface area contributed by atoms with Crippen molar-refractivity contribution in [3.63, 3.8) is 0 Å². The van der Waals surface area contributed by atoms with E-state index in [-0.39, 0.29) is 12.3 Å². The van der Waals surface area contributed by atoms with Gasteiger partial charge in [0.1, 0.15) is 5.75 Å². The second kappa shape index (κ2) is 6.80. The van der Waals surface area contributed by atoms with E-state index in [0.29, 0.717) is 0 Å². The Labute approximate surface area is 174 Å². The smallest absolute Gasteiger partial charge is 0.213 e. The predicted molar refractivity (Wildman–Crippen MR) is 114 cm³/mol. The molecule has 0 saturated carbocycles. The lowest BCUT2D eigenvalue weighted by atomic mass is 9.96. The lowest BCUT2D eigenvalue weighted by molar-refractivity contribution is -0.0190. The molecule has 134 valence electrons. The summed E-state index contributed by atoms with van der Waals surface area (Å²) in [5.74, 6) is 0.928. The fraction of sp³-hybridized carbons (Fsp3) is 0.136. The highest BCUT2D eigenvalue weighted by Crippen LogP contribution is 2.48. The Bertz CT molecular complexity index is 1020. The third-order valence-corrected chi connectivity index (χ3v) is 6.04. The second-order valence-corrected chi connectivity index (χ2v) is 8.55. The van der Waals surface area contributed by atoms with Crippen molar-refractivity contribution in [2.75, 3.05) is 0 Å². The predicted octanol–water partition coefficient (Wildman–Crippen LogP) is 6.45. The Hall–Kier alpha value is -2.11. The van der Waals surface area contributed by atoms with Crippen molar-refractivity contribution in [1.82, 2.24) is 5.01 Å². The lowest BCUT2D eigenvalue weighted by Gasteiger charge is -2.38. The van der Waals surface area contributed by atoms with Gasteiger partial charge in [-0.05, 0) is 35.9 Å². The van der Waals surface area contributed by atoms with Crippen LogP contribution < -0.4 is 4.74 Å². The quantitative estimate of drug-likeness (QED) is 0.418. The highest BCUT2D eigenvalue weighted by molar-refractivity contribution is 9.10. The summed E-state index contributed by atoms with van der Waals surface area (Å²) >= 11 is 7.11. The van der Waals surface area contributed by atoms with Gasteiger partial charge in [-0.1, -0.05) is 74.3 Å². The molecule has 0 unspecified atom stereocenters. The van der Waals surface area contributed by atoms with Crippen LogP contribution in [-0.2, 0) is 0 Å². The first-order valence-electron chi connectivity index (χ1n) is 8.82. The number of hydrogen-bond donors (Lipinski definition) is 0. The Kier molecular flexibility index (Phi) is 4.29. The minimum atomic E-state index is -0.238. The summed E-state index contributed by atoms with van der Waals surface area (Å²) in [7, 11) is 0. The molecule has 0 aliphatic carbocycles. The molecule has 2 atom stereocenters. The summed E-state index contributed by atoms with van der Waals surface area (Å²) in [6.45, 7) is 0. The van der Waals surface area contributed by atoms with Crippen LogP contribution >= 0.6 is 31.9 Å². The molecular weight excluding hydrogens is 468 g/mol. The molecule has 0 spiro atoms. The molecule has 27 heavy (non-hydrogen) atoms.